The van der Waals surface area contributed by atoms with Crippen LogP contribution >= 0.6 is 7.82 Å². The Bertz CT molecular complexity index is 2300. The van der Waals surface area contributed by atoms with Crippen LogP contribution in [0.4, 0.5) is 16.0 Å². The number of nitrogens with zero attached hydrogens (tertiary/aromatic N) is 8. The molecule has 5 aromatic rings. The number of nitrogens with two attached hydrogens (primary N) is 2. The first-order valence-electron chi connectivity index (χ1n) is 15.8. The van der Waals surface area contributed by atoms with Gasteiger partial charge in [0.15, 0.2) is 41.6 Å². The number of ether oxygens (including phenoxy) is 4. The van der Waals surface area contributed by atoms with E-state index in [1.54, 1.807) is 24.3 Å². The van der Waals surface area contributed by atoms with Crippen molar-refractivity contribution in [1.29, 1.82) is 0 Å². The molecule has 1 aromatic carbocycles. The van der Waals surface area contributed by atoms with Gasteiger partial charge >= 0.3 is 10.3 Å². The van der Waals surface area contributed by atoms with Gasteiger partial charge in [0.05, 0.1) is 33.0 Å². The monoisotopic (exact) mass is 778 g/mol. The van der Waals surface area contributed by atoms with Crippen molar-refractivity contribution < 1.29 is 54.4 Å². The zero-order valence-corrected chi connectivity index (χ0v) is 29.0. The van der Waals surface area contributed by atoms with E-state index in [1.165, 1.54) is 30.7 Å². The summed E-state index contributed by atoms with van der Waals surface area (Å²) in [5.41, 5.74) is 13.1. The fourth-order valence-corrected chi connectivity index (χ4v) is 8.21. The molecule has 0 aliphatic carbocycles. The van der Waals surface area contributed by atoms with Gasteiger partial charge in [0.25, 0.3) is 7.82 Å². The molecule has 25 heteroatoms. The van der Waals surface area contributed by atoms with Crippen molar-refractivity contribution in [2.75, 3.05) is 31.7 Å². The molecule has 8 rings (SSSR count). The maximum absolute atomic E-state index is 16.1. The van der Waals surface area contributed by atoms with E-state index >= 15 is 4.39 Å². The Morgan fingerprint density at radius 1 is 0.943 bits per heavy atom. The minimum atomic E-state index is -5.37. The van der Waals surface area contributed by atoms with Crippen LogP contribution in [-0.4, -0.2) is 104 Å². The zero-order valence-electron chi connectivity index (χ0n) is 27.3. The quantitative estimate of drug-likeness (QED) is 0.186. The van der Waals surface area contributed by atoms with Crippen LogP contribution in [-0.2, 0) is 48.9 Å². The topological polar surface area (TPSA) is 290 Å². The fourth-order valence-electron chi connectivity index (χ4n) is 6.30. The first-order chi connectivity index (χ1) is 25.4. The predicted molar refractivity (Wildman–Crippen MR) is 174 cm³/mol. The second-order valence-electron chi connectivity index (χ2n) is 12.0. The number of imidazole rings is 2. The maximum Gasteiger partial charge on any atom is 0.336 e. The summed E-state index contributed by atoms with van der Waals surface area (Å²) in [7, 11) is -8.59. The number of fused-ring (bicyclic) bond motifs is 4. The molecule has 22 nitrogen and oxygen atoms in total. The van der Waals surface area contributed by atoms with E-state index in [2.05, 4.69) is 34.6 Å². The Hall–Kier alpha value is -4.49. The first kappa shape index (κ1) is 35.5. The van der Waals surface area contributed by atoms with Gasteiger partial charge in [-0.3, -0.25) is 13.7 Å². The third-order valence-corrected chi connectivity index (χ3v) is 10.8. The minimum absolute atomic E-state index is 0.00665. The number of benzene rings is 1. The Kier molecular flexibility index (Phi) is 9.21. The van der Waals surface area contributed by atoms with Crippen LogP contribution in [0.15, 0.2) is 49.6 Å². The van der Waals surface area contributed by atoms with Crippen LogP contribution in [0.3, 0.4) is 0 Å². The maximum atomic E-state index is 16.1. The van der Waals surface area contributed by atoms with Crippen LogP contribution in [0.25, 0.3) is 22.3 Å². The van der Waals surface area contributed by atoms with Crippen LogP contribution in [0.5, 0.6) is 5.75 Å². The van der Waals surface area contributed by atoms with Gasteiger partial charge in [-0.1, -0.05) is 12.1 Å². The molecule has 0 amide bonds. The van der Waals surface area contributed by atoms with E-state index in [-0.39, 0.29) is 40.6 Å². The molecule has 282 valence electrons. The highest BCUT2D eigenvalue weighted by Crippen LogP contribution is 2.48. The number of anilines is 2. The Morgan fingerprint density at radius 3 is 2.21 bits per heavy atom. The third kappa shape index (κ3) is 6.78. The number of phosphoric acid groups is 1. The highest BCUT2D eigenvalue weighted by molar-refractivity contribution is 7.84. The molecule has 3 aliphatic heterocycles. The molecule has 5 N–H and O–H groups in total. The van der Waals surface area contributed by atoms with Crippen molar-refractivity contribution in [1.82, 2.24) is 43.8 Å². The van der Waals surface area contributed by atoms with E-state index in [0.29, 0.717) is 11.3 Å². The van der Waals surface area contributed by atoms with Crippen LogP contribution in [0.1, 0.15) is 18.0 Å². The van der Waals surface area contributed by atoms with Gasteiger partial charge in [0.1, 0.15) is 60.0 Å². The summed E-state index contributed by atoms with van der Waals surface area (Å²) >= 11 is 0. The molecule has 3 aliphatic rings. The van der Waals surface area contributed by atoms with Gasteiger partial charge in [-0.25, -0.2) is 38.5 Å². The molecule has 9 atom stereocenters. The number of alkyl halides is 1. The van der Waals surface area contributed by atoms with Crippen LogP contribution in [0, 0.1) is 0 Å². The molecule has 0 spiro atoms. The van der Waals surface area contributed by atoms with Crippen molar-refractivity contribution in [3.05, 3.63) is 55.1 Å². The number of hydrogen-bond donors (Lipinski definition) is 3. The Balaban J connectivity index is 1.11. The standard InChI is InChI=1S/C28H31FN11O11PS/c1-45-14-4-2-13(3-5-14)7-46-22-21-16(49-28(22)40-12-37-19-24(31)33-10-35-26(19)40)8-47-52(41,42)50-20-15(6-38-53(43,44)51-21)48-27(17(20)29)39-11-36-18-23(30)32-9-34-25(18)39/h2-5,9-12,15-17,20-22,27-28,38H,6-8H2,1H3,(H,41,42)(H2,30,32,34)(H2,31,33,35)/p-1/t15-,16-,17-,20-,21-,22-,27-,28-/m1/s1. The summed E-state index contributed by atoms with van der Waals surface area (Å²) in [5.74, 6) is 0.659. The molecule has 1 unspecified atom stereocenters. The summed E-state index contributed by atoms with van der Waals surface area (Å²) in [4.78, 5) is 37.7. The molecule has 3 fully saturated rings. The second-order valence-corrected chi connectivity index (χ2v) is 14.8. The average molecular weight is 779 g/mol. The van der Waals surface area contributed by atoms with Crippen molar-refractivity contribution in [2.45, 2.75) is 55.8 Å². The lowest BCUT2D eigenvalue weighted by Crippen LogP contribution is -2.46. The predicted octanol–water partition coefficient (Wildman–Crippen LogP) is -0.339. The molecule has 53 heavy (non-hydrogen) atoms. The van der Waals surface area contributed by atoms with E-state index in [0.717, 1.165) is 10.9 Å². The zero-order chi connectivity index (χ0) is 37.1. The third-order valence-electron chi connectivity index (χ3n) is 8.82. The normalized spacial score (nSPS) is 31.8. The summed E-state index contributed by atoms with van der Waals surface area (Å²) < 4.78 is 101. The lowest BCUT2D eigenvalue weighted by Gasteiger charge is -2.31. The molecule has 4 aromatic heterocycles. The van der Waals surface area contributed by atoms with Crippen LogP contribution in [0.2, 0.25) is 0 Å². The van der Waals surface area contributed by atoms with Gasteiger partial charge in [-0.05, 0) is 17.7 Å². The summed E-state index contributed by atoms with van der Waals surface area (Å²) in [5, 5.41) is 0. The van der Waals surface area contributed by atoms with Gasteiger partial charge in [0.2, 0.25) is 0 Å². The van der Waals surface area contributed by atoms with E-state index in [4.69, 9.17) is 43.6 Å². The van der Waals surface area contributed by atoms with Crippen molar-refractivity contribution in [3.8, 4) is 5.75 Å². The van der Waals surface area contributed by atoms with Gasteiger partial charge in [0, 0.05) is 6.54 Å². The first-order valence-corrected chi connectivity index (χ1v) is 18.7. The van der Waals surface area contributed by atoms with Crippen molar-refractivity contribution in [2.24, 2.45) is 0 Å². The van der Waals surface area contributed by atoms with E-state index in [9.17, 15) is 17.9 Å². The number of aromatic nitrogens is 8. The molecule has 0 saturated carbocycles. The Labute approximate surface area is 298 Å². The second kappa shape index (κ2) is 13.7. The SMILES string of the molecule is COc1ccc(CO[C@@H]2[C@@H]3OS(=O)(=O)NC[C@H]4O[C@@H](n5cnc6c(N)ncnc65)[C@H](F)[C@@H]4OP(=O)([O-])OC[C@H]3O[C@H]2n2cnc3c(N)ncnc32)cc1. The number of halogens is 1. The van der Waals surface area contributed by atoms with Gasteiger partial charge in [-0.2, -0.15) is 13.1 Å². The number of rotatable bonds is 6. The van der Waals surface area contributed by atoms with E-state index in [1.807, 2.05) is 0 Å². The summed E-state index contributed by atoms with van der Waals surface area (Å²) in [6, 6.07) is 6.87. The minimum Gasteiger partial charge on any atom is -0.756 e. The lowest BCUT2D eigenvalue weighted by molar-refractivity contribution is -0.235. The highest BCUT2D eigenvalue weighted by atomic mass is 32.2. The fraction of sp³-hybridized carbons (Fsp3) is 0.429. The number of nitrogen functional groups attached to an aromatic ring is 2. The Morgan fingerprint density at radius 2 is 1.57 bits per heavy atom. The summed E-state index contributed by atoms with van der Waals surface area (Å²) in [6.07, 6.45) is -7.84. The number of phosphoric ester groups is 1. The van der Waals surface area contributed by atoms with Crippen LogP contribution < -0.4 is 25.8 Å². The number of hydrogen-bond acceptors (Lipinski definition) is 19. The number of nitrogens with one attached hydrogen (secondary N) is 1. The average Bonchev–Trinajstić information content (AvgIpc) is 3.90. The van der Waals surface area contributed by atoms with Crippen molar-refractivity contribution >= 4 is 52.1 Å². The lowest BCUT2D eigenvalue weighted by atomic mass is 10.1. The van der Waals surface area contributed by atoms with Gasteiger partial charge < -0.3 is 44.4 Å². The molecule has 0 radical (unpaired) electrons. The number of methoxy groups -OCH3 is 1. The largest absolute Gasteiger partial charge is 0.756 e. The molecular formula is C28H30FN11O11PS-. The highest BCUT2D eigenvalue weighted by Gasteiger charge is 2.53. The van der Waals surface area contributed by atoms with Crippen molar-refractivity contribution in [3.63, 3.8) is 0 Å². The smallest absolute Gasteiger partial charge is 0.336 e. The van der Waals surface area contributed by atoms with Gasteiger partial charge in [-0.15, -0.1) is 0 Å². The molecular weight excluding hydrogens is 748 g/mol. The molecule has 3 saturated heterocycles. The molecule has 7 heterocycles. The van der Waals surface area contributed by atoms with E-state index < -0.39 is 80.4 Å². The summed E-state index contributed by atoms with van der Waals surface area (Å²) in [6.45, 7) is -1.63. The molecule has 0 bridgehead atoms.